The van der Waals surface area contributed by atoms with Gasteiger partial charge in [0.05, 0.1) is 5.69 Å². The van der Waals surface area contributed by atoms with E-state index in [-0.39, 0.29) is 11.5 Å². The maximum Gasteiger partial charge on any atom is 0.129 e. The molecule has 0 saturated heterocycles. The van der Waals surface area contributed by atoms with Crippen LogP contribution in [0.4, 0.5) is 0 Å². The van der Waals surface area contributed by atoms with Crippen molar-refractivity contribution in [3.05, 3.63) is 28.5 Å². The molecule has 3 heteroatoms. The fourth-order valence-corrected chi connectivity index (χ4v) is 2.58. The van der Waals surface area contributed by atoms with Crippen molar-refractivity contribution in [3.8, 4) is 0 Å². The van der Waals surface area contributed by atoms with E-state index < -0.39 is 0 Å². The molecule has 0 bridgehead atoms. The van der Waals surface area contributed by atoms with Crippen LogP contribution in [0.15, 0.2) is 12.1 Å². The predicted molar refractivity (Wildman–Crippen MR) is 54.2 cm³/mol. The van der Waals surface area contributed by atoms with Gasteiger partial charge in [0.25, 0.3) is 0 Å². The molecular weight excluding hydrogens is 198 g/mol. The monoisotopic (exact) mass is 209 g/mol. The van der Waals surface area contributed by atoms with Gasteiger partial charge in [0, 0.05) is 5.41 Å². The van der Waals surface area contributed by atoms with Crippen LogP contribution in [0.1, 0.15) is 36.6 Å². The fraction of sp³-hybridized carbons (Fsp3) is 0.545. The molecule has 1 N–H and O–H groups in total. The average molecular weight is 210 g/mol. The Hall–Kier alpha value is -0.600. The number of fused-ring (bicyclic) bond motifs is 1. The van der Waals surface area contributed by atoms with E-state index in [0.29, 0.717) is 5.15 Å². The summed E-state index contributed by atoms with van der Waals surface area (Å²) in [5.41, 5.74) is 2.14. The molecular formula is C11H12ClNO. The van der Waals surface area contributed by atoms with Crippen LogP contribution in [0, 0.1) is 5.41 Å². The lowest BCUT2D eigenvalue weighted by atomic mass is 9.82. The second-order valence-corrected chi connectivity index (χ2v) is 4.83. The van der Waals surface area contributed by atoms with Crippen molar-refractivity contribution in [1.29, 1.82) is 0 Å². The van der Waals surface area contributed by atoms with E-state index in [1.54, 1.807) is 6.07 Å². The molecule has 0 aromatic carbocycles. The topological polar surface area (TPSA) is 33.1 Å². The van der Waals surface area contributed by atoms with E-state index in [2.05, 4.69) is 4.98 Å². The van der Waals surface area contributed by atoms with Gasteiger partial charge in [0.15, 0.2) is 0 Å². The molecule has 1 spiro atoms. The number of aliphatic hydroxyl groups is 1. The molecule has 74 valence electrons. The highest BCUT2D eigenvalue weighted by Gasteiger charge is 2.52. The standard InChI is InChI=1S/C11H12ClNO/c12-8-2-1-7-3-4-11(5-6-11)10(14)9(7)13-8/h1-2,10,14H,3-6H2. The average Bonchev–Trinajstić information content (AvgIpc) is 2.94. The van der Waals surface area contributed by atoms with Crippen LogP contribution in [0.5, 0.6) is 0 Å². The Morgan fingerprint density at radius 2 is 2.14 bits per heavy atom. The van der Waals surface area contributed by atoms with Gasteiger partial charge in [-0.2, -0.15) is 0 Å². The van der Waals surface area contributed by atoms with Crippen LogP contribution >= 0.6 is 11.6 Å². The molecule has 1 fully saturated rings. The molecule has 1 aromatic rings. The van der Waals surface area contributed by atoms with Crippen LogP contribution in [-0.4, -0.2) is 10.1 Å². The van der Waals surface area contributed by atoms with Crippen molar-refractivity contribution in [2.75, 3.05) is 0 Å². The van der Waals surface area contributed by atoms with Crippen molar-refractivity contribution in [2.45, 2.75) is 31.8 Å². The summed E-state index contributed by atoms with van der Waals surface area (Å²) < 4.78 is 0. The van der Waals surface area contributed by atoms with E-state index in [0.717, 1.165) is 31.4 Å². The minimum atomic E-state index is -0.384. The van der Waals surface area contributed by atoms with E-state index in [1.165, 1.54) is 5.56 Å². The van der Waals surface area contributed by atoms with Crippen LogP contribution < -0.4 is 0 Å². The van der Waals surface area contributed by atoms with E-state index in [1.807, 2.05) is 6.07 Å². The highest BCUT2D eigenvalue weighted by Crippen LogP contribution is 2.60. The zero-order valence-corrected chi connectivity index (χ0v) is 8.59. The molecule has 3 rings (SSSR count). The van der Waals surface area contributed by atoms with Crippen molar-refractivity contribution in [2.24, 2.45) is 5.41 Å². The summed E-state index contributed by atoms with van der Waals surface area (Å²) in [6.45, 7) is 0. The largest absolute Gasteiger partial charge is 0.386 e. The smallest absolute Gasteiger partial charge is 0.129 e. The highest BCUT2D eigenvalue weighted by atomic mass is 35.5. The summed E-state index contributed by atoms with van der Waals surface area (Å²) in [5.74, 6) is 0. The Bertz CT molecular complexity index is 387. The predicted octanol–water partition coefficient (Wildman–Crippen LogP) is 2.49. The lowest BCUT2D eigenvalue weighted by Crippen LogP contribution is -2.22. The summed E-state index contributed by atoms with van der Waals surface area (Å²) in [5, 5.41) is 10.6. The number of aliphatic hydroxyl groups excluding tert-OH is 1. The van der Waals surface area contributed by atoms with Gasteiger partial charge in [-0.1, -0.05) is 17.7 Å². The molecule has 14 heavy (non-hydrogen) atoms. The summed E-state index contributed by atoms with van der Waals surface area (Å²) in [7, 11) is 0. The first kappa shape index (κ1) is 8.69. The number of halogens is 1. The third kappa shape index (κ3) is 1.11. The van der Waals surface area contributed by atoms with Crippen molar-refractivity contribution >= 4 is 11.6 Å². The number of nitrogens with zero attached hydrogens (tertiary/aromatic N) is 1. The van der Waals surface area contributed by atoms with Gasteiger partial charge in [-0.05, 0) is 37.3 Å². The lowest BCUT2D eigenvalue weighted by Gasteiger charge is -2.29. The first-order chi connectivity index (χ1) is 6.71. The molecule has 0 radical (unpaired) electrons. The molecule has 1 heterocycles. The van der Waals surface area contributed by atoms with Gasteiger partial charge < -0.3 is 5.11 Å². The lowest BCUT2D eigenvalue weighted by molar-refractivity contribution is 0.0735. The highest BCUT2D eigenvalue weighted by molar-refractivity contribution is 6.29. The minimum absolute atomic E-state index is 0.157. The number of hydrogen-bond donors (Lipinski definition) is 1. The summed E-state index contributed by atoms with van der Waals surface area (Å²) in [6.07, 6.45) is 4.04. The molecule has 1 aromatic heterocycles. The van der Waals surface area contributed by atoms with Gasteiger partial charge in [0.2, 0.25) is 0 Å². The normalized spacial score (nSPS) is 27.4. The zero-order chi connectivity index (χ0) is 9.76. The van der Waals surface area contributed by atoms with Crippen molar-refractivity contribution in [3.63, 3.8) is 0 Å². The fourth-order valence-electron chi connectivity index (χ4n) is 2.42. The van der Waals surface area contributed by atoms with Gasteiger partial charge in [0.1, 0.15) is 11.3 Å². The van der Waals surface area contributed by atoms with Crippen molar-refractivity contribution < 1.29 is 5.11 Å². The second kappa shape index (κ2) is 2.71. The maximum absolute atomic E-state index is 10.2. The Kier molecular flexibility index (Phi) is 1.68. The quantitative estimate of drug-likeness (QED) is 0.666. The number of pyridine rings is 1. The molecule has 2 nitrogen and oxygen atoms in total. The van der Waals surface area contributed by atoms with Crippen LogP contribution in [-0.2, 0) is 6.42 Å². The van der Waals surface area contributed by atoms with E-state index in [9.17, 15) is 5.11 Å². The Labute approximate surface area is 87.9 Å². The van der Waals surface area contributed by atoms with Crippen LogP contribution in [0.3, 0.4) is 0 Å². The molecule has 1 saturated carbocycles. The molecule has 1 unspecified atom stereocenters. The van der Waals surface area contributed by atoms with Gasteiger partial charge >= 0.3 is 0 Å². The zero-order valence-electron chi connectivity index (χ0n) is 7.83. The molecule has 1 atom stereocenters. The SMILES string of the molecule is OC1c2nc(Cl)ccc2CCC12CC2. The first-order valence-electron chi connectivity index (χ1n) is 5.05. The number of aryl methyl sites for hydroxylation is 1. The van der Waals surface area contributed by atoms with Crippen molar-refractivity contribution in [1.82, 2.24) is 4.98 Å². The minimum Gasteiger partial charge on any atom is -0.386 e. The Balaban J connectivity index is 2.09. The summed E-state index contributed by atoms with van der Waals surface area (Å²) in [4.78, 5) is 4.25. The van der Waals surface area contributed by atoms with Gasteiger partial charge in [-0.25, -0.2) is 4.98 Å². The molecule has 0 aliphatic heterocycles. The van der Waals surface area contributed by atoms with E-state index in [4.69, 9.17) is 11.6 Å². The Morgan fingerprint density at radius 1 is 1.36 bits per heavy atom. The first-order valence-corrected chi connectivity index (χ1v) is 5.42. The third-order valence-corrected chi connectivity index (χ3v) is 3.81. The van der Waals surface area contributed by atoms with Crippen LogP contribution in [0.2, 0.25) is 5.15 Å². The molecule has 2 aliphatic carbocycles. The van der Waals surface area contributed by atoms with Gasteiger partial charge in [-0.15, -0.1) is 0 Å². The van der Waals surface area contributed by atoms with E-state index >= 15 is 0 Å². The second-order valence-electron chi connectivity index (χ2n) is 4.44. The number of hydrogen-bond acceptors (Lipinski definition) is 2. The molecule has 0 amide bonds. The summed E-state index contributed by atoms with van der Waals surface area (Å²) in [6, 6.07) is 3.79. The number of aromatic nitrogens is 1. The number of rotatable bonds is 0. The van der Waals surface area contributed by atoms with Crippen LogP contribution in [0.25, 0.3) is 0 Å². The summed E-state index contributed by atoms with van der Waals surface area (Å²) >= 11 is 5.83. The molecule has 2 aliphatic rings. The van der Waals surface area contributed by atoms with Gasteiger partial charge in [-0.3, -0.25) is 0 Å². The Morgan fingerprint density at radius 3 is 2.86 bits per heavy atom. The maximum atomic E-state index is 10.2. The third-order valence-electron chi connectivity index (χ3n) is 3.60.